The molecule has 0 heterocycles. The second-order valence-corrected chi connectivity index (χ2v) is 6.32. The molecule has 3 rings (SSSR count). The highest BCUT2D eigenvalue weighted by molar-refractivity contribution is 5.26. The van der Waals surface area contributed by atoms with E-state index in [0.717, 1.165) is 25.6 Å². The van der Waals surface area contributed by atoms with Crippen molar-refractivity contribution >= 4 is 0 Å². The summed E-state index contributed by atoms with van der Waals surface area (Å²) < 4.78 is 6.13. The Morgan fingerprint density at radius 2 is 1.70 bits per heavy atom. The van der Waals surface area contributed by atoms with Crippen LogP contribution in [-0.2, 0) is 17.8 Å². The normalized spacial score (nSPS) is 20.2. The molecule has 2 saturated carbocycles. The van der Waals surface area contributed by atoms with Gasteiger partial charge in [0.2, 0.25) is 0 Å². The van der Waals surface area contributed by atoms with Gasteiger partial charge < -0.3 is 10.1 Å². The van der Waals surface area contributed by atoms with Crippen molar-refractivity contribution in [3.8, 4) is 0 Å². The molecule has 0 aliphatic heterocycles. The molecule has 0 unspecified atom stereocenters. The van der Waals surface area contributed by atoms with Gasteiger partial charge >= 0.3 is 0 Å². The average Bonchev–Trinajstić information content (AvgIpc) is 3.32. The van der Waals surface area contributed by atoms with Crippen molar-refractivity contribution in [1.82, 2.24) is 5.32 Å². The van der Waals surface area contributed by atoms with Crippen molar-refractivity contribution in [2.24, 2.45) is 0 Å². The van der Waals surface area contributed by atoms with Crippen LogP contribution >= 0.6 is 0 Å². The molecule has 20 heavy (non-hydrogen) atoms. The van der Waals surface area contributed by atoms with Crippen LogP contribution in [0.15, 0.2) is 24.3 Å². The van der Waals surface area contributed by atoms with Crippen molar-refractivity contribution in [1.29, 1.82) is 0 Å². The molecule has 110 valence electrons. The third-order valence-electron chi connectivity index (χ3n) is 4.55. The Morgan fingerprint density at radius 3 is 2.45 bits per heavy atom. The van der Waals surface area contributed by atoms with Gasteiger partial charge in [0.15, 0.2) is 0 Å². The lowest BCUT2D eigenvalue weighted by Crippen LogP contribution is -2.20. The van der Waals surface area contributed by atoms with Gasteiger partial charge in [0.05, 0.1) is 12.7 Å². The van der Waals surface area contributed by atoms with Crippen LogP contribution in [0, 0.1) is 0 Å². The number of nitrogens with one attached hydrogen (secondary N) is 1. The Labute approximate surface area is 122 Å². The van der Waals surface area contributed by atoms with Crippen molar-refractivity contribution < 1.29 is 4.74 Å². The van der Waals surface area contributed by atoms with Crippen LogP contribution in [0.3, 0.4) is 0 Å². The van der Waals surface area contributed by atoms with Gasteiger partial charge in [0, 0.05) is 6.04 Å². The van der Waals surface area contributed by atoms with Gasteiger partial charge in [-0.2, -0.15) is 0 Å². The van der Waals surface area contributed by atoms with E-state index >= 15 is 0 Å². The van der Waals surface area contributed by atoms with Gasteiger partial charge in [0.1, 0.15) is 0 Å². The van der Waals surface area contributed by atoms with Crippen LogP contribution in [-0.4, -0.2) is 18.7 Å². The molecule has 0 amide bonds. The molecule has 1 aromatic carbocycles. The van der Waals surface area contributed by atoms with E-state index in [1.54, 1.807) is 0 Å². The SMILES string of the molecule is c1ccc(COC2CCCCC2)c(CCNC2CC2)c1. The first-order chi connectivity index (χ1) is 9.92. The molecule has 2 aliphatic rings. The monoisotopic (exact) mass is 273 g/mol. The van der Waals surface area contributed by atoms with Crippen LogP contribution in [0.2, 0.25) is 0 Å². The van der Waals surface area contributed by atoms with Gasteiger partial charge in [-0.15, -0.1) is 0 Å². The minimum absolute atomic E-state index is 0.501. The van der Waals surface area contributed by atoms with Gasteiger partial charge in [0.25, 0.3) is 0 Å². The maximum atomic E-state index is 6.13. The van der Waals surface area contributed by atoms with Crippen LogP contribution in [0.25, 0.3) is 0 Å². The molecule has 1 N–H and O–H groups in total. The van der Waals surface area contributed by atoms with Crippen molar-refractivity contribution in [2.75, 3.05) is 6.54 Å². The maximum absolute atomic E-state index is 6.13. The van der Waals surface area contributed by atoms with Crippen LogP contribution in [0.5, 0.6) is 0 Å². The summed E-state index contributed by atoms with van der Waals surface area (Å²) in [5, 5.41) is 3.60. The molecule has 0 saturated heterocycles. The summed E-state index contributed by atoms with van der Waals surface area (Å²) >= 11 is 0. The van der Waals surface area contributed by atoms with E-state index in [1.807, 2.05) is 0 Å². The van der Waals surface area contributed by atoms with E-state index in [9.17, 15) is 0 Å². The third kappa shape index (κ3) is 4.32. The van der Waals surface area contributed by atoms with Crippen molar-refractivity contribution in [3.05, 3.63) is 35.4 Å². The van der Waals surface area contributed by atoms with Crippen molar-refractivity contribution in [2.45, 2.75) is 70.1 Å². The van der Waals surface area contributed by atoms with E-state index in [1.165, 1.54) is 56.1 Å². The zero-order valence-electron chi connectivity index (χ0n) is 12.4. The fourth-order valence-electron chi connectivity index (χ4n) is 3.08. The lowest BCUT2D eigenvalue weighted by atomic mass is 9.97. The summed E-state index contributed by atoms with van der Waals surface area (Å²) in [5.74, 6) is 0. The number of ether oxygens (including phenoxy) is 1. The zero-order valence-corrected chi connectivity index (χ0v) is 12.4. The van der Waals surface area contributed by atoms with Gasteiger partial charge in [-0.3, -0.25) is 0 Å². The Balaban J connectivity index is 1.48. The Kier molecular flexibility index (Phi) is 5.10. The lowest BCUT2D eigenvalue weighted by molar-refractivity contribution is 0.0165. The maximum Gasteiger partial charge on any atom is 0.0723 e. The average molecular weight is 273 g/mol. The first-order valence-electron chi connectivity index (χ1n) is 8.33. The molecule has 2 nitrogen and oxygen atoms in total. The van der Waals surface area contributed by atoms with Crippen LogP contribution in [0.1, 0.15) is 56.1 Å². The minimum Gasteiger partial charge on any atom is -0.374 e. The van der Waals surface area contributed by atoms with Gasteiger partial charge in [-0.1, -0.05) is 43.5 Å². The highest BCUT2D eigenvalue weighted by Crippen LogP contribution is 2.22. The molecular weight excluding hydrogens is 246 g/mol. The summed E-state index contributed by atoms with van der Waals surface area (Å²) in [6.07, 6.45) is 11.0. The molecular formula is C18H27NO. The topological polar surface area (TPSA) is 21.3 Å². The molecule has 2 heteroatoms. The summed E-state index contributed by atoms with van der Waals surface area (Å²) in [5.41, 5.74) is 2.84. The number of hydrogen-bond donors (Lipinski definition) is 1. The first kappa shape index (κ1) is 14.1. The fraction of sp³-hybridized carbons (Fsp3) is 0.667. The molecule has 2 fully saturated rings. The third-order valence-corrected chi connectivity index (χ3v) is 4.55. The molecule has 0 radical (unpaired) electrons. The smallest absolute Gasteiger partial charge is 0.0723 e. The Bertz CT molecular complexity index is 408. The van der Waals surface area contributed by atoms with Crippen LogP contribution in [0.4, 0.5) is 0 Å². The number of rotatable bonds is 7. The van der Waals surface area contributed by atoms with Gasteiger partial charge in [-0.05, 0) is 49.8 Å². The van der Waals surface area contributed by atoms with E-state index in [4.69, 9.17) is 4.74 Å². The quantitative estimate of drug-likeness (QED) is 0.815. The number of hydrogen-bond acceptors (Lipinski definition) is 2. The van der Waals surface area contributed by atoms with E-state index in [0.29, 0.717) is 6.10 Å². The van der Waals surface area contributed by atoms with Gasteiger partial charge in [-0.25, -0.2) is 0 Å². The molecule has 0 atom stereocenters. The molecule has 1 aromatic rings. The summed E-state index contributed by atoms with van der Waals surface area (Å²) in [6.45, 7) is 1.90. The van der Waals surface area contributed by atoms with E-state index < -0.39 is 0 Å². The summed E-state index contributed by atoms with van der Waals surface area (Å²) in [6, 6.07) is 9.58. The zero-order chi connectivity index (χ0) is 13.6. The highest BCUT2D eigenvalue weighted by Gasteiger charge is 2.20. The molecule has 0 spiro atoms. The van der Waals surface area contributed by atoms with E-state index in [-0.39, 0.29) is 0 Å². The first-order valence-corrected chi connectivity index (χ1v) is 8.33. The second kappa shape index (κ2) is 7.24. The summed E-state index contributed by atoms with van der Waals surface area (Å²) in [4.78, 5) is 0. The number of benzene rings is 1. The summed E-state index contributed by atoms with van der Waals surface area (Å²) in [7, 11) is 0. The molecule has 2 aliphatic carbocycles. The van der Waals surface area contributed by atoms with Crippen molar-refractivity contribution in [3.63, 3.8) is 0 Å². The predicted molar refractivity (Wildman–Crippen MR) is 82.8 cm³/mol. The highest BCUT2D eigenvalue weighted by atomic mass is 16.5. The standard InChI is InChI=1S/C18H27NO/c1-2-8-18(9-3-1)20-14-16-7-5-4-6-15(16)12-13-19-17-10-11-17/h4-7,17-19H,1-3,8-14H2. The Morgan fingerprint density at radius 1 is 0.950 bits per heavy atom. The second-order valence-electron chi connectivity index (χ2n) is 6.32. The lowest BCUT2D eigenvalue weighted by Gasteiger charge is -2.22. The van der Waals surface area contributed by atoms with E-state index in [2.05, 4.69) is 29.6 Å². The largest absolute Gasteiger partial charge is 0.374 e. The predicted octanol–water partition coefficient (Wildman–Crippen LogP) is 3.83. The molecule has 0 aromatic heterocycles. The fourth-order valence-corrected chi connectivity index (χ4v) is 3.08. The van der Waals surface area contributed by atoms with Crippen LogP contribution < -0.4 is 5.32 Å². The molecule has 0 bridgehead atoms. The minimum atomic E-state index is 0.501. The Hall–Kier alpha value is -0.860.